The number of hydrogen-bond donors (Lipinski definition) is 1. The summed E-state index contributed by atoms with van der Waals surface area (Å²) in [5, 5.41) is 6.67. The lowest BCUT2D eigenvalue weighted by Gasteiger charge is -2.39. The molecule has 2 aliphatic heterocycles. The predicted molar refractivity (Wildman–Crippen MR) is 96.9 cm³/mol. The molecule has 1 amide bonds. The highest BCUT2D eigenvalue weighted by Crippen LogP contribution is 2.41. The summed E-state index contributed by atoms with van der Waals surface area (Å²) < 4.78 is 38.2. The van der Waals surface area contributed by atoms with Gasteiger partial charge in [0, 0.05) is 20.0 Å². The molecule has 1 fully saturated rings. The Morgan fingerprint density at radius 1 is 1.26 bits per heavy atom. The summed E-state index contributed by atoms with van der Waals surface area (Å²) in [6, 6.07) is 7.29. The van der Waals surface area contributed by atoms with Crippen LogP contribution in [0.15, 0.2) is 33.7 Å². The minimum atomic E-state index is -3.71. The van der Waals surface area contributed by atoms with Crippen LogP contribution in [0, 0.1) is 19.3 Å². The van der Waals surface area contributed by atoms with E-state index in [9.17, 15) is 13.6 Å². The first kappa shape index (κ1) is 18.1. The van der Waals surface area contributed by atoms with Crippen LogP contribution >= 0.6 is 0 Å². The maximum Gasteiger partial charge on any atom is 0.240 e. The van der Waals surface area contributed by atoms with Gasteiger partial charge in [-0.2, -0.15) is 0 Å². The van der Waals surface area contributed by atoms with Gasteiger partial charge in [-0.15, -0.1) is 4.31 Å². The average molecular weight is 391 g/mol. The third-order valence-electron chi connectivity index (χ3n) is 5.37. The van der Waals surface area contributed by atoms with E-state index in [4.69, 9.17) is 9.26 Å². The van der Waals surface area contributed by atoms with Gasteiger partial charge in [0.1, 0.15) is 18.1 Å². The monoisotopic (exact) mass is 391 g/mol. The van der Waals surface area contributed by atoms with E-state index >= 15 is 0 Å². The van der Waals surface area contributed by atoms with Crippen LogP contribution in [0.25, 0.3) is 0 Å². The SMILES string of the molecule is Cc1noc(C)c1[S+](=O)([O-])N1CCC2(CC1)COc1ccccc1NC2=O. The van der Waals surface area contributed by atoms with Crippen LogP contribution in [0.1, 0.15) is 24.3 Å². The van der Waals surface area contributed by atoms with Gasteiger partial charge in [0.2, 0.25) is 10.8 Å². The Hall–Kier alpha value is -2.23. The molecule has 144 valence electrons. The van der Waals surface area contributed by atoms with Crippen LogP contribution in [0.2, 0.25) is 0 Å². The van der Waals surface area contributed by atoms with Crippen molar-refractivity contribution in [2.75, 3.05) is 25.0 Å². The number of ether oxygens (including phenoxy) is 1. The Morgan fingerprint density at radius 2 is 1.96 bits per heavy atom. The third-order valence-corrected chi connectivity index (χ3v) is 7.51. The molecule has 3 heterocycles. The number of nitrogens with one attached hydrogen (secondary N) is 1. The number of rotatable bonds is 2. The summed E-state index contributed by atoms with van der Waals surface area (Å²) in [7, 11) is -3.71. The number of aromatic nitrogens is 1. The van der Waals surface area contributed by atoms with E-state index in [0.717, 1.165) is 0 Å². The second-order valence-electron chi connectivity index (χ2n) is 7.08. The zero-order chi connectivity index (χ0) is 19.2. The molecule has 2 aliphatic rings. The Kier molecular flexibility index (Phi) is 4.32. The van der Waals surface area contributed by atoms with Crippen LogP contribution < -0.4 is 10.1 Å². The summed E-state index contributed by atoms with van der Waals surface area (Å²) in [5.74, 6) is 0.786. The molecule has 0 aliphatic carbocycles. The number of para-hydroxylation sites is 2. The molecular formula is C18H21N3O5S. The van der Waals surface area contributed by atoms with Crippen molar-refractivity contribution in [3.63, 3.8) is 0 Å². The van der Waals surface area contributed by atoms with Gasteiger partial charge >= 0.3 is 0 Å². The molecule has 9 heteroatoms. The van der Waals surface area contributed by atoms with Crippen LogP contribution in [-0.4, -0.2) is 39.6 Å². The highest BCUT2D eigenvalue weighted by molar-refractivity contribution is 7.95. The van der Waals surface area contributed by atoms with Crippen molar-refractivity contribution in [3.05, 3.63) is 35.7 Å². The van der Waals surface area contributed by atoms with E-state index in [2.05, 4.69) is 10.5 Å². The van der Waals surface area contributed by atoms with Crippen LogP contribution in [0.4, 0.5) is 5.69 Å². The highest BCUT2D eigenvalue weighted by atomic mass is 32.3. The van der Waals surface area contributed by atoms with E-state index in [1.165, 1.54) is 4.31 Å². The number of hydrogen-bond acceptors (Lipinski definition) is 6. The van der Waals surface area contributed by atoms with Crippen LogP contribution in [0.5, 0.6) is 5.75 Å². The molecule has 0 bridgehead atoms. The van der Waals surface area contributed by atoms with Crippen molar-refractivity contribution in [1.82, 2.24) is 9.46 Å². The van der Waals surface area contributed by atoms with Crippen molar-refractivity contribution in [3.8, 4) is 5.75 Å². The molecule has 1 N–H and O–H groups in total. The van der Waals surface area contributed by atoms with Crippen molar-refractivity contribution >= 4 is 22.0 Å². The molecule has 1 saturated heterocycles. The number of sulfonamides is 1. The lowest BCUT2D eigenvalue weighted by atomic mass is 9.79. The molecule has 27 heavy (non-hydrogen) atoms. The van der Waals surface area contributed by atoms with Gasteiger partial charge in [-0.05, 0) is 31.9 Å². The fraction of sp³-hybridized carbons (Fsp3) is 0.444. The number of anilines is 1. The molecule has 0 saturated carbocycles. The van der Waals surface area contributed by atoms with E-state index < -0.39 is 15.8 Å². The normalized spacial score (nSPS) is 21.7. The predicted octanol–water partition coefficient (Wildman–Crippen LogP) is 2.31. The summed E-state index contributed by atoms with van der Waals surface area (Å²) >= 11 is 0. The first-order valence-corrected chi connectivity index (χ1v) is 10.2. The zero-order valence-corrected chi connectivity index (χ0v) is 16.0. The minimum absolute atomic E-state index is 0.118. The largest absolute Gasteiger partial charge is 0.593 e. The molecule has 1 unspecified atom stereocenters. The molecule has 1 aromatic heterocycles. The average Bonchev–Trinajstić information content (AvgIpc) is 2.93. The molecular weight excluding hydrogens is 370 g/mol. The number of aryl methyl sites for hydroxylation is 2. The fourth-order valence-corrected chi connectivity index (χ4v) is 5.46. The highest BCUT2D eigenvalue weighted by Gasteiger charge is 2.48. The smallest absolute Gasteiger partial charge is 0.240 e. The van der Waals surface area contributed by atoms with E-state index in [1.807, 2.05) is 18.2 Å². The molecule has 2 aromatic rings. The standard InChI is InChI=1S/C18H21N3O5S/c1-12-16(13(2)26-20-12)27(23,24)21-9-7-18(8-10-21)11-25-15-6-4-3-5-14(15)19-17(18)22/h3-6H,7-11H2,1-2H3,(H-,19,22,23,24). The van der Waals surface area contributed by atoms with Gasteiger partial charge < -0.3 is 19.1 Å². The Bertz CT molecular complexity index is 913. The Balaban J connectivity index is 1.54. The number of carbonyl (C=O) groups is 1. The molecule has 8 nitrogen and oxygen atoms in total. The number of benzene rings is 1. The third kappa shape index (κ3) is 2.95. The number of piperidine rings is 1. The summed E-state index contributed by atoms with van der Waals surface area (Å²) in [6.45, 7) is 3.90. The Morgan fingerprint density at radius 3 is 2.63 bits per heavy atom. The van der Waals surface area contributed by atoms with Gasteiger partial charge in [0.15, 0.2) is 16.2 Å². The van der Waals surface area contributed by atoms with Crippen molar-refractivity contribution in [2.24, 2.45) is 5.41 Å². The number of carbonyl (C=O) groups excluding carboxylic acids is 1. The first-order valence-electron chi connectivity index (χ1n) is 8.80. The lowest BCUT2D eigenvalue weighted by molar-refractivity contribution is -0.129. The molecule has 0 radical (unpaired) electrons. The second-order valence-corrected chi connectivity index (χ2v) is 8.95. The maximum atomic E-state index is 13.0. The molecule has 1 aromatic carbocycles. The topological polar surface area (TPSA) is 108 Å². The van der Waals surface area contributed by atoms with Gasteiger partial charge in [-0.25, -0.2) is 0 Å². The lowest BCUT2D eigenvalue weighted by Crippen LogP contribution is -2.51. The van der Waals surface area contributed by atoms with Gasteiger partial charge in [-0.3, -0.25) is 4.79 Å². The number of fused-ring (bicyclic) bond motifs is 1. The van der Waals surface area contributed by atoms with E-state index in [1.54, 1.807) is 19.9 Å². The van der Waals surface area contributed by atoms with Crippen LogP contribution in [0.3, 0.4) is 0 Å². The summed E-state index contributed by atoms with van der Waals surface area (Å²) in [6.07, 6.45) is 0.769. The first-order chi connectivity index (χ1) is 12.8. The number of nitrogens with zero attached hydrogens (tertiary/aromatic N) is 2. The van der Waals surface area contributed by atoms with Gasteiger partial charge in [0.05, 0.1) is 11.1 Å². The molecule has 1 atom stereocenters. The Labute approximate surface area is 158 Å². The molecule has 4 rings (SSSR count). The van der Waals surface area contributed by atoms with Gasteiger partial charge in [-0.1, -0.05) is 21.5 Å². The summed E-state index contributed by atoms with van der Waals surface area (Å²) in [4.78, 5) is 13.0. The van der Waals surface area contributed by atoms with Crippen molar-refractivity contribution in [2.45, 2.75) is 31.6 Å². The number of amides is 1. The van der Waals surface area contributed by atoms with Gasteiger partial charge in [0.25, 0.3) is 0 Å². The second kappa shape index (κ2) is 6.43. The maximum absolute atomic E-state index is 13.0. The fourth-order valence-electron chi connectivity index (χ4n) is 3.73. The minimum Gasteiger partial charge on any atom is -0.593 e. The quantitative estimate of drug-likeness (QED) is 0.787. The van der Waals surface area contributed by atoms with Crippen LogP contribution in [-0.2, 0) is 19.4 Å². The van der Waals surface area contributed by atoms with Crippen molar-refractivity contribution < 1.29 is 22.8 Å². The zero-order valence-electron chi connectivity index (χ0n) is 15.2. The van der Waals surface area contributed by atoms with E-state index in [-0.39, 0.29) is 36.3 Å². The van der Waals surface area contributed by atoms with E-state index in [0.29, 0.717) is 30.0 Å². The van der Waals surface area contributed by atoms with Crippen molar-refractivity contribution in [1.29, 1.82) is 0 Å². The molecule has 1 spiro atoms. The summed E-state index contributed by atoms with van der Waals surface area (Å²) in [5.41, 5.74) is 0.243.